The zero-order valence-electron chi connectivity index (χ0n) is 11.2. The van der Waals surface area contributed by atoms with E-state index in [2.05, 4.69) is 15.9 Å². The molecule has 2 aromatic carbocycles. The Hall–Kier alpha value is -1.52. The van der Waals surface area contributed by atoms with Gasteiger partial charge < -0.3 is 9.64 Å². The predicted octanol–water partition coefficient (Wildman–Crippen LogP) is 4.53. The zero-order valence-corrected chi connectivity index (χ0v) is 13.5. The molecule has 3 rings (SSSR count). The number of hydrogen-bond acceptors (Lipinski definition) is 2. The molecule has 3 nitrogen and oxygen atoms in total. The number of para-hydroxylation sites is 2. The predicted molar refractivity (Wildman–Crippen MR) is 87.4 cm³/mol. The average molecular weight is 367 g/mol. The molecule has 0 atom stereocenters. The highest BCUT2D eigenvalue weighted by Crippen LogP contribution is 2.32. The minimum atomic E-state index is -0.0506. The van der Waals surface area contributed by atoms with Crippen molar-refractivity contribution in [2.45, 2.75) is 6.42 Å². The molecule has 1 aliphatic heterocycles. The fourth-order valence-corrected chi connectivity index (χ4v) is 2.82. The minimum Gasteiger partial charge on any atom is -0.491 e. The van der Waals surface area contributed by atoms with Gasteiger partial charge in [0.25, 0.3) is 5.91 Å². The Kier molecular flexibility index (Phi) is 4.17. The molecule has 2 aromatic rings. The normalized spacial score (nSPS) is 14.1. The fourth-order valence-electron chi connectivity index (χ4n) is 2.32. The van der Waals surface area contributed by atoms with E-state index in [0.717, 1.165) is 22.3 Å². The van der Waals surface area contributed by atoms with E-state index in [1.807, 2.05) is 24.3 Å². The van der Waals surface area contributed by atoms with Gasteiger partial charge in [-0.15, -0.1) is 0 Å². The SMILES string of the molecule is O=C(c1ccc(Cl)c(Br)c1)N1CCCOc2ccccc21. The Morgan fingerprint density at radius 2 is 2.05 bits per heavy atom. The smallest absolute Gasteiger partial charge is 0.258 e. The first-order chi connectivity index (χ1) is 10.2. The van der Waals surface area contributed by atoms with Crippen molar-refractivity contribution in [3.8, 4) is 5.75 Å². The van der Waals surface area contributed by atoms with Crippen molar-refractivity contribution in [1.82, 2.24) is 0 Å². The van der Waals surface area contributed by atoms with Gasteiger partial charge in [0.1, 0.15) is 5.75 Å². The second-order valence-corrected chi connectivity index (χ2v) is 6.02. The first-order valence-electron chi connectivity index (χ1n) is 6.65. The molecular weight excluding hydrogens is 354 g/mol. The van der Waals surface area contributed by atoms with Gasteiger partial charge in [-0.2, -0.15) is 0 Å². The molecule has 0 saturated carbocycles. The summed E-state index contributed by atoms with van der Waals surface area (Å²) >= 11 is 9.34. The van der Waals surface area contributed by atoms with Crippen LogP contribution in [0.4, 0.5) is 5.69 Å². The molecule has 0 radical (unpaired) electrons. The summed E-state index contributed by atoms with van der Waals surface area (Å²) in [5, 5.41) is 0.589. The Bertz CT molecular complexity index is 690. The molecule has 5 heteroatoms. The monoisotopic (exact) mass is 365 g/mol. The van der Waals surface area contributed by atoms with Crippen LogP contribution in [0, 0.1) is 0 Å². The lowest BCUT2D eigenvalue weighted by Crippen LogP contribution is -2.31. The summed E-state index contributed by atoms with van der Waals surface area (Å²) < 4.78 is 6.40. The van der Waals surface area contributed by atoms with Crippen LogP contribution in [0.3, 0.4) is 0 Å². The number of fused-ring (bicyclic) bond motifs is 1. The highest BCUT2D eigenvalue weighted by molar-refractivity contribution is 9.10. The molecule has 1 heterocycles. The number of hydrogen-bond donors (Lipinski definition) is 0. The lowest BCUT2D eigenvalue weighted by molar-refractivity contribution is 0.0987. The van der Waals surface area contributed by atoms with E-state index in [1.165, 1.54) is 0 Å². The Morgan fingerprint density at radius 3 is 2.86 bits per heavy atom. The number of carbonyl (C=O) groups is 1. The molecule has 0 N–H and O–H groups in total. The van der Waals surface area contributed by atoms with Crippen molar-refractivity contribution in [2.75, 3.05) is 18.1 Å². The molecule has 0 aromatic heterocycles. The lowest BCUT2D eigenvalue weighted by Gasteiger charge is -2.22. The highest BCUT2D eigenvalue weighted by Gasteiger charge is 2.23. The third-order valence-corrected chi connectivity index (χ3v) is 4.57. The summed E-state index contributed by atoms with van der Waals surface area (Å²) in [6.45, 7) is 1.25. The third kappa shape index (κ3) is 2.92. The third-order valence-electron chi connectivity index (χ3n) is 3.35. The van der Waals surface area contributed by atoms with Crippen molar-refractivity contribution in [3.05, 3.63) is 57.5 Å². The van der Waals surface area contributed by atoms with Gasteiger partial charge in [-0.1, -0.05) is 23.7 Å². The van der Waals surface area contributed by atoms with Crippen LogP contribution < -0.4 is 9.64 Å². The maximum Gasteiger partial charge on any atom is 0.258 e. The number of amides is 1. The van der Waals surface area contributed by atoms with Gasteiger partial charge in [0.05, 0.1) is 17.3 Å². The molecule has 0 saturated heterocycles. The van der Waals surface area contributed by atoms with Gasteiger partial charge >= 0.3 is 0 Å². The van der Waals surface area contributed by atoms with Crippen LogP contribution in [0.25, 0.3) is 0 Å². The molecule has 0 fully saturated rings. The summed E-state index contributed by atoms with van der Waals surface area (Å²) in [7, 11) is 0. The number of anilines is 1. The molecule has 0 bridgehead atoms. The topological polar surface area (TPSA) is 29.5 Å². The Balaban J connectivity index is 1.99. The highest BCUT2D eigenvalue weighted by atomic mass is 79.9. The van der Waals surface area contributed by atoms with Crippen molar-refractivity contribution < 1.29 is 9.53 Å². The summed E-state index contributed by atoms with van der Waals surface area (Å²) in [5.41, 5.74) is 1.41. The molecular formula is C16H13BrClNO2. The van der Waals surface area contributed by atoms with Crippen LogP contribution in [0.1, 0.15) is 16.8 Å². The van der Waals surface area contributed by atoms with Crippen LogP contribution in [0.2, 0.25) is 5.02 Å². The van der Waals surface area contributed by atoms with Gasteiger partial charge in [0.15, 0.2) is 0 Å². The van der Waals surface area contributed by atoms with E-state index in [4.69, 9.17) is 16.3 Å². The van der Waals surface area contributed by atoms with Crippen LogP contribution in [-0.4, -0.2) is 19.1 Å². The number of halogens is 2. The molecule has 1 amide bonds. The average Bonchev–Trinajstić information content (AvgIpc) is 2.71. The standard InChI is InChI=1S/C16H13BrClNO2/c17-12-10-11(6-7-13(12)18)16(20)19-8-3-9-21-15-5-2-1-4-14(15)19/h1-2,4-7,10H,3,8-9H2. The number of rotatable bonds is 1. The number of carbonyl (C=O) groups excluding carboxylic acids is 1. The number of ether oxygens (including phenoxy) is 1. The molecule has 1 aliphatic rings. The van der Waals surface area contributed by atoms with E-state index in [0.29, 0.717) is 23.7 Å². The van der Waals surface area contributed by atoms with E-state index in [1.54, 1.807) is 23.1 Å². The van der Waals surface area contributed by atoms with Gasteiger partial charge in [0, 0.05) is 16.6 Å². The van der Waals surface area contributed by atoms with Crippen molar-refractivity contribution in [3.63, 3.8) is 0 Å². The lowest BCUT2D eigenvalue weighted by atomic mass is 10.1. The summed E-state index contributed by atoms with van der Waals surface area (Å²) in [6, 6.07) is 12.8. The first kappa shape index (κ1) is 14.4. The largest absolute Gasteiger partial charge is 0.491 e. The first-order valence-corrected chi connectivity index (χ1v) is 7.82. The van der Waals surface area contributed by atoms with Crippen molar-refractivity contribution >= 4 is 39.1 Å². The maximum absolute atomic E-state index is 12.8. The second-order valence-electron chi connectivity index (χ2n) is 4.76. The minimum absolute atomic E-state index is 0.0506. The molecule has 0 unspecified atom stereocenters. The quantitative estimate of drug-likeness (QED) is 0.742. The van der Waals surface area contributed by atoms with E-state index < -0.39 is 0 Å². The molecule has 21 heavy (non-hydrogen) atoms. The van der Waals surface area contributed by atoms with Gasteiger partial charge in [0.2, 0.25) is 0 Å². The van der Waals surface area contributed by atoms with Crippen LogP contribution in [0.5, 0.6) is 5.75 Å². The number of nitrogens with zero attached hydrogens (tertiary/aromatic N) is 1. The van der Waals surface area contributed by atoms with Gasteiger partial charge in [-0.05, 0) is 52.7 Å². The van der Waals surface area contributed by atoms with Crippen molar-refractivity contribution in [1.29, 1.82) is 0 Å². The van der Waals surface area contributed by atoms with Gasteiger partial charge in [-0.25, -0.2) is 0 Å². The van der Waals surface area contributed by atoms with Gasteiger partial charge in [-0.3, -0.25) is 4.79 Å². The molecule has 108 valence electrons. The molecule has 0 aliphatic carbocycles. The van der Waals surface area contributed by atoms with E-state index in [9.17, 15) is 4.79 Å². The second kappa shape index (κ2) is 6.08. The van der Waals surface area contributed by atoms with Crippen molar-refractivity contribution in [2.24, 2.45) is 0 Å². The maximum atomic E-state index is 12.8. The summed E-state index contributed by atoms with van der Waals surface area (Å²) in [6.07, 6.45) is 0.801. The molecule has 0 spiro atoms. The van der Waals surface area contributed by atoms with Crippen LogP contribution in [0.15, 0.2) is 46.9 Å². The zero-order chi connectivity index (χ0) is 14.8. The fraction of sp³-hybridized carbons (Fsp3) is 0.188. The Morgan fingerprint density at radius 1 is 1.24 bits per heavy atom. The van der Waals surface area contributed by atoms with E-state index >= 15 is 0 Å². The summed E-state index contributed by atoms with van der Waals surface area (Å²) in [5.74, 6) is 0.696. The Labute approximate surface area is 136 Å². The summed E-state index contributed by atoms with van der Waals surface area (Å²) in [4.78, 5) is 14.5. The van der Waals surface area contributed by atoms with Crippen LogP contribution in [-0.2, 0) is 0 Å². The number of benzene rings is 2. The van der Waals surface area contributed by atoms with Crippen LogP contribution >= 0.6 is 27.5 Å². The van der Waals surface area contributed by atoms with E-state index in [-0.39, 0.29) is 5.91 Å².